The number of furan rings is 1. The van der Waals surface area contributed by atoms with E-state index in [9.17, 15) is 0 Å². The maximum atomic E-state index is 6.07. The number of halogens is 1. The number of benzene rings is 1. The zero-order chi connectivity index (χ0) is 12.3. The Kier molecular flexibility index (Phi) is 3.71. The number of methoxy groups -OCH3 is 1. The van der Waals surface area contributed by atoms with Crippen molar-refractivity contribution < 1.29 is 9.15 Å². The normalized spacial score (nSPS) is 10.5. The third-order valence-corrected chi connectivity index (χ3v) is 2.74. The lowest BCUT2D eigenvalue weighted by molar-refractivity contribution is 0.415. The Labute approximate surface area is 105 Å². The summed E-state index contributed by atoms with van der Waals surface area (Å²) >= 11 is 6.07. The third-order valence-electron chi connectivity index (χ3n) is 2.45. The van der Waals surface area contributed by atoms with Crippen molar-refractivity contribution in [3.63, 3.8) is 0 Å². The Balaban J connectivity index is 2.29. The molecule has 90 valence electrons. The van der Waals surface area contributed by atoms with Crippen LogP contribution in [0.5, 0.6) is 5.75 Å². The highest BCUT2D eigenvalue weighted by molar-refractivity contribution is 6.32. The van der Waals surface area contributed by atoms with Gasteiger partial charge in [0.25, 0.3) is 0 Å². The van der Waals surface area contributed by atoms with Crippen molar-refractivity contribution in [3.8, 4) is 17.1 Å². The van der Waals surface area contributed by atoms with Crippen LogP contribution < -0.4 is 10.1 Å². The number of nitrogens with one attached hydrogen (secondary N) is 1. The molecule has 1 heterocycles. The van der Waals surface area contributed by atoms with E-state index in [1.807, 2.05) is 37.4 Å². The summed E-state index contributed by atoms with van der Waals surface area (Å²) < 4.78 is 10.8. The Morgan fingerprint density at radius 2 is 2.12 bits per heavy atom. The van der Waals surface area contributed by atoms with E-state index in [-0.39, 0.29) is 0 Å². The molecule has 0 bridgehead atoms. The molecule has 1 N–H and O–H groups in total. The van der Waals surface area contributed by atoms with Gasteiger partial charge in [0.05, 0.1) is 18.7 Å². The van der Waals surface area contributed by atoms with E-state index in [0.29, 0.717) is 17.3 Å². The average molecular weight is 252 g/mol. The smallest absolute Gasteiger partial charge is 0.137 e. The molecule has 2 aromatic rings. The van der Waals surface area contributed by atoms with E-state index in [4.69, 9.17) is 20.8 Å². The molecule has 2 rings (SSSR count). The molecular formula is C13H14ClNO2. The van der Waals surface area contributed by atoms with E-state index in [1.54, 1.807) is 7.11 Å². The van der Waals surface area contributed by atoms with Gasteiger partial charge in [-0.05, 0) is 37.4 Å². The van der Waals surface area contributed by atoms with Crippen LogP contribution in [0.15, 0.2) is 34.7 Å². The molecule has 1 aromatic carbocycles. The van der Waals surface area contributed by atoms with Crippen LogP contribution in [0.25, 0.3) is 11.3 Å². The summed E-state index contributed by atoms with van der Waals surface area (Å²) in [6.07, 6.45) is 0. The highest BCUT2D eigenvalue weighted by Gasteiger charge is 2.07. The summed E-state index contributed by atoms with van der Waals surface area (Å²) in [4.78, 5) is 0. The summed E-state index contributed by atoms with van der Waals surface area (Å²) in [5, 5.41) is 3.62. The highest BCUT2D eigenvalue weighted by atomic mass is 35.5. The van der Waals surface area contributed by atoms with Crippen LogP contribution in [0.3, 0.4) is 0 Å². The SMILES string of the molecule is CNCc1ccc(-c2ccc(OC)c(Cl)c2)o1. The minimum Gasteiger partial charge on any atom is -0.495 e. The van der Waals surface area contributed by atoms with Gasteiger partial charge in [-0.1, -0.05) is 11.6 Å². The van der Waals surface area contributed by atoms with Crippen molar-refractivity contribution in [1.29, 1.82) is 0 Å². The molecule has 3 nitrogen and oxygen atoms in total. The lowest BCUT2D eigenvalue weighted by atomic mass is 10.2. The topological polar surface area (TPSA) is 34.4 Å². The second kappa shape index (κ2) is 5.25. The predicted molar refractivity (Wildman–Crippen MR) is 68.5 cm³/mol. The number of rotatable bonds is 4. The van der Waals surface area contributed by atoms with Crippen LogP contribution in [-0.4, -0.2) is 14.2 Å². The Morgan fingerprint density at radius 3 is 2.76 bits per heavy atom. The minimum absolute atomic E-state index is 0.580. The third kappa shape index (κ3) is 2.62. The van der Waals surface area contributed by atoms with Gasteiger partial charge in [0.2, 0.25) is 0 Å². The van der Waals surface area contributed by atoms with Crippen molar-refractivity contribution in [1.82, 2.24) is 5.32 Å². The van der Waals surface area contributed by atoms with Gasteiger partial charge in [-0.3, -0.25) is 0 Å². The van der Waals surface area contributed by atoms with Crippen molar-refractivity contribution in [3.05, 3.63) is 41.1 Å². The van der Waals surface area contributed by atoms with E-state index < -0.39 is 0 Å². The monoisotopic (exact) mass is 251 g/mol. The van der Waals surface area contributed by atoms with Gasteiger partial charge in [0, 0.05) is 5.56 Å². The molecule has 0 aliphatic carbocycles. The largest absolute Gasteiger partial charge is 0.495 e. The molecule has 0 fully saturated rings. The summed E-state index contributed by atoms with van der Waals surface area (Å²) in [7, 11) is 3.48. The second-order valence-corrected chi connectivity index (χ2v) is 4.05. The molecule has 0 spiro atoms. The fourth-order valence-corrected chi connectivity index (χ4v) is 1.88. The van der Waals surface area contributed by atoms with Crippen LogP contribution in [0.1, 0.15) is 5.76 Å². The fraction of sp³-hybridized carbons (Fsp3) is 0.231. The average Bonchev–Trinajstić information content (AvgIpc) is 2.78. The molecule has 0 unspecified atom stereocenters. The molecule has 0 saturated carbocycles. The zero-order valence-electron chi connectivity index (χ0n) is 9.79. The molecule has 0 atom stereocenters. The highest BCUT2D eigenvalue weighted by Crippen LogP contribution is 2.30. The minimum atomic E-state index is 0.580. The molecule has 0 amide bonds. The van der Waals surface area contributed by atoms with Crippen molar-refractivity contribution in [2.24, 2.45) is 0 Å². The molecule has 17 heavy (non-hydrogen) atoms. The molecular weight excluding hydrogens is 238 g/mol. The molecule has 0 aliphatic heterocycles. The van der Waals surface area contributed by atoms with E-state index in [1.165, 1.54) is 0 Å². The lowest BCUT2D eigenvalue weighted by Gasteiger charge is -2.04. The van der Waals surface area contributed by atoms with Crippen molar-refractivity contribution in [2.75, 3.05) is 14.2 Å². The zero-order valence-corrected chi connectivity index (χ0v) is 10.5. The Morgan fingerprint density at radius 1 is 1.29 bits per heavy atom. The van der Waals surface area contributed by atoms with Crippen LogP contribution in [-0.2, 0) is 6.54 Å². The standard InChI is InChI=1S/C13H14ClNO2/c1-15-8-10-4-6-12(17-10)9-3-5-13(16-2)11(14)7-9/h3-7,15H,8H2,1-2H3. The van der Waals surface area contributed by atoms with Gasteiger partial charge in [0.15, 0.2) is 0 Å². The number of hydrogen-bond acceptors (Lipinski definition) is 3. The van der Waals surface area contributed by atoms with Gasteiger partial charge < -0.3 is 14.5 Å². The summed E-state index contributed by atoms with van der Waals surface area (Å²) in [6, 6.07) is 9.47. The number of ether oxygens (including phenoxy) is 1. The quantitative estimate of drug-likeness (QED) is 0.905. The predicted octanol–water partition coefficient (Wildman–Crippen LogP) is 3.33. The molecule has 4 heteroatoms. The maximum absolute atomic E-state index is 6.07. The number of hydrogen-bond donors (Lipinski definition) is 1. The first-order chi connectivity index (χ1) is 8.24. The molecule has 0 aliphatic rings. The maximum Gasteiger partial charge on any atom is 0.137 e. The first-order valence-corrected chi connectivity index (χ1v) is 5.69. The van der Waals surface area contributed by atoms with E-state index >= 15 is 0 Å². The van der Waals surface area contributed by atoms with E-state index in [0.717, 1.165) is 17.1 Å². The summed E-state index contributed by atoms with van der Waals surface area (Å²) in [5.41, 5.74) is 0.943. The van der Waals surface area contributed by atoms with Crippen molar-refractivity contribution >= 4 is 11.6 Å². The molecule has 0 radical (unpaired) electrons. The Bertz CT molecular complexity index is 508. The Hall–Kier alpha value is -1.45. The van der Waals surface area contributed by atoms with Gasteiger partial charge in [-0.25, -0.2) is 0 Å². The summed E-state index contributed by atoms with van der Waals surface area (Å²) in [5.74, 6) is 2.37. The fourth-order valence-electron chi connectivity index (χ4n) is 1.62. The van der Waals surface area contributed by atoms with Gasteiger partial charge in [-0.2, -0.15) is 0 Å². The molecule has 1 aromatic heterocycles. The van der Waals surface area contributed by atoms with Crippen LogP contribution >= 0.6 is 11.6 Å². The van der Waals surface area contributed by atoms with Crippen molar-refractivity contribution in [2.45, 2.75) is 6.54 Å². The van der Waals surface area contributed by atoms with E-state index in [2.05, 4.69) is 5.32 Å². The first-order valence-electron chi connectivity index (χ1n) is 5.32. The van der Waals surface area contributed by atoms with Crippen LogP contribution in [0, 0.1) is 0 Å². The van der Waals surface area contributed by atoms with Gasteiger partial charge in [-0.15, -0.1) is 0 Å². The van der Waals surface area contributed by atoms with Gasteiger partial charge in [0.1, 0.15) is 17.3 Å². The first kappa shape index (κ1) is 12.0. The summed E-state index contributed by atoms with van der Waals surface area (Å²) in [6.45, 7) is 0.712. The van der Waals surface area contributed by atoms with Gasteiger partial charge >= 0.3 is 0 Å². The lowest BCUT2D eigenvalue weighted by Crippen LogP contribution is -2.03. The van der Waals surface area contributed by atoms with Crippen LogP contribution in [0.4, 0.5) is 0 Å². The second-order valence-electron chi connectivity index (χ2n) is 3.65. The molecule has 0 saturated heterocycles. The van der Waals surface area contributed by atoms with Crippen LogP contribution in [0.2, 0.25) is 5.02 Å².